The zero-order chi connectivity index (χ0) is 13.5. The smallest absolute Gasteiger partial charge is 0.184 e. The van der Waals surface area contributed by atoms with Crippen LogP contribution in [-0.4, -0.2) is 19.8 Å². The molecule has 0 spiro atoms. The fourth-order valence-electron chi connectivity index (χ4n) is 2.30. The second-order valence-corrected chi connectivity index (χ2v) is 4.88. The molecule has 96 valence electrons. The maximum Gasteiger partial charge on any atom is 0.184 e. The zero-order valence-electron chi connectivity index (χ0n) is 10.4. The maximum absolute atomic E-state index is 6.18. The van der Waals surface area contributed by atoms with E-state index < -0.39 is 0 Å². The lowest BCUT2D eigenvalue weighted by Crippen LogP contribution is -1.93. The van der Waals surface area contributed by atoms with E-state index in [0.717, 1.165) is 27.8 Å². The predicted octanol–water partition coefficient (Wildman–Crippen LogP) is 3.60. The molecule has 0 amide bonds. The standard InChI is InChI=1S/C15H9ClN4/c16-12-7-4-8-13-11(12)9-17-15-14(18-19-20(13)15)10-5-2-1-3-6-10/h1-9H. The summed E-state index contributed by atoms with van der Waals surface area (Å²) in [5.74, 6) is 0. The van der Waals surface area contributed by atoms with Gasteiger partial charge in [-0.15, -0.1) is 5.10 Å². The van der Waals surface area contributed by atoms with Crippen LogP contribution >= 0.6 is 11.6 Å². The Kier molecular flexibility index (Phi) is 2.44. The lowest BCUT2D eigenvalue weighted by molar-refractivity contribution is 0.877. The summed E-state index contributed by atoms with van der Waals surface area (Å²) >= 11 is 6.18. The molecule has 0 aliphatic rings. The summed E-state index contributed by atoms with van der Waals surface area (Å²) in [6.45, 7) is 0. The van der Waals surface area contributed by atoms with Crippen LogP contribution in [-0.2, 0) is 0 Å². The minimum absolute atomic E-state index is 0.661. The third-order valence-electron chi connectivity index (χ3n) is 3.27. The van der Waals surface area contributed by atoms with Crippen molar-refractivity contribution in [1.82, 2.24) is 19.8 Å². The second kappa shape index (κ2) is 4.28. The highest BCUT2D eigenvalue weighted by Crippen LogP contribution is 2.26. The van der Waals surface area contributed by atoms with Gasteiger partial charge in [0.25, 0.3) is 0 Å². The van der Waals surface area contributed by atoms with Gasteiger partial charge in [-0.25, -0.2) is 4.98 Å². The lowest BCUT2D eigenvalue weighted by Gasteiger charge is -2.02. The summed E-state index contributed by atoms with van der Waals surface area (Å²) in [5.41, 5.74) is 3.40. The molecule has 0 atom stereocenters. The highest BCUT2D eigenvalue weighted by atomic mass is 35.5. The summed E-state index contributed by atoms with van der Waals surface area (Å²) in [6.07, 6.45) is 1.77. The van der Waals surface area contributed by atoms with Crippen molar-refractivity contribution < 1.29 is 0 Å². The molecule has 0 bridgehead atoms. The van der Waals surface area contributed by atoms with Gasteiger partial charge < -0.3 is 0 Å². The summed E-state index contributed by atoms with van der Waals surface area (Å²) in [7, 11) is 0. The topological polar surface area (TPSA) is 43.1 Å². The molecule has 2 heterocycles. The molecule has 0 N–H and O–H groups in total. The summed E-state index contributed by atoms with van der Waals surface area (Å²) in [4.78, 5) is 4.46. The van der Waals surface area contributed by atoms with E-state index >= 15 is 0 Å². The van der Waals surface area contributed by atoms with Crippen LogP contribution in [0.25, 0.3) is 27.8 Å². The van der Waals surface area contributed by atoms with E-state index in [0.29, 0.717) is 5.02 Å². The third-order valence-corrected chi connectivity index (χ3v) is 3.60. The molecule has 0 fully saturated rings. The van der Waals surface area contributed by atoms with E-state index in [2.05, 4.69) is 15.3 Å². The van der Waals surface area contributed by atoms with Crippen molar-refractivity contribution in [2.45, 2.75) is 0 Å². The van der Waals surface area contributed by atoms with Crippen molar-refractivity contribution in [1.29, 1.82) is 0 Å². The molecule has 4 nitrogen and oxygen atoms in total. The van der Waals surface area contributed by atoms with Crippen molar-refractivity contribution in [3.05, 3.63) is 59.8 Å². The van der Waals surface area contributed by atoms with Crippen molar-refractivity contribution in [3.8, 4) is 11.3 Å². The third kappa shape index (κ3) is 1.58. The molecule has 0 saturated heterocycles. The molecule has 0 aliphatic carbocycles. The quantitative estimate of drug-likeness (QED) is 0.535. The first-order valence-corrected chi connectivity index (χ1v) is 6.56. The molecule has 2 aromatic heterocycles. The number of rotatable bonds is 1. The van der Waals surface area contributed by atoms with Gasteiger partial charge in [0.2, 0.25) is 0 Å². The van der Waals surface area contributed by atoms with Gasteiger partial charge in [0.05, 0.1) is 10.5 Å². The number of aromatic nitrogens is 4. The molecule has 4 aromatic rings. The van der Waals surface area contributed by atoms with Crippen LogP contribution in [0.3, 0.4) is 0 Å². The van der Waals surface area contributed by atoms with Crippen molar-refractivity contribution in [3.63, 3.8) is 0 Å². The Balaban J connectivity index is 2.08. The summed E-state index contributed by atoms with van der Waals surface area (Å²) in [6, 6.07) is 15.6. The van der Waals surface area contributed by atoms with Gasteiger partial charge in [0, 0.05) is 17.1 Å². The van der Waals surface area contributed by atoms with Gasteiger partial charge in [0.15, 0.2) is 5.65 Å². The van der Waals surface area contributed by atoms with E-state index in [1.165, 1.54) is 0 Å². The lowest BCUT2D eigenvalue weighted by atomic mass is 10.1. The van der Waals surface area contributed by atoms with E-state index in [-0.39, 0.29) is 0 Å². The van der Waals surface area contributed by atoms with E-state index in [1.54, 1.807) is 10.7 Å². The Morgan fingerprint density at radius 2 is 1.80 bits per heavy atom. The minimum Gasteiger partial charge on any atom is -0.234 e. The monoisotopic (exact) mass is 280 g/mol. The molecular weight excluding hydrogens is 272 g/mol. The fourth-order valence-corrected chi connectivity index (χ4v) is 2.52. The van der Waals surface area contributed by atoms with Crippen LogP contribution in [0.2, 0.25) is 5.02 Å². The van der Waals surface area contributed by atoms with Crippen molar-refractivity contribution in [2.75, 3.05) is 0 Å². The van der Waals surface area contributed by atoms with Gasteiger partial charge in [-0.2, -0.15) is 4.52 Å². The minimum atomic E-state index is 0.661. The summed E-state index contributed by atoms with van der Waals surface area (Å²) < 4.78 is 1.73. The zero-order valence-corrected chi connectivity index (χ0v) is 11.1. The first-order valence-electron chi connectivity index (χ1n) is 6.18. The van der Waals surface area contributed by atoms with Gasteiger partial charge in [-0.1, -0.05) is 53.2 Å². The Bertz CT molecular complexity index is 915. The Morgan fingerprint density at radius 1 is 0.950 bits per heavy atom. The molecule has 0 radical (unpaired) electrons. The molecule has 0 saturated carbocycles. The van der Waals surface area contributed by atoms with Crippen LogP contribution in [0.4, 0.5) is 0 Å². The van der Waals surface area contributed by atoms with Crippen molar-refractivity contribution in [2.24, 2.45) is 0 Å². The molecule has 4 rings (SSSR count). The van der Waals surface area contributed by atoms with Crippen LogP contribution in [0.5, 0.6) is 0 Å². The first-order chi connectivity index (χ1) is 9.84. The Hall–Kier alpha value is -2.46. The normalized spacial score (nSPS) is 11.2. The first kappa shape index (κ1) is 11.4. The molecule has 0 aliphatic heterocycles. The van der Waals surface area contributed by atoms with Gasteiger partial charge in [-0.05, 0) is 12.1 Å². The SMILES string of the molecule is Clc1cccc2c1cnc1c(-c3ccccc3)nnn12. The van der Waals surface area contributed by atoms with Crippen molar-refractivity contribution >= 4 is 28.2 Å². The van der Waals surface area contributed by atoms with Gasteiger partial charge >= 0.3 is 0 Å². The van der Waals surface area contributed by atoms with E-state index in [4.69, 9.17) is 11.6 Å². The Morgan fingerprint density at radius 3 is 2.65 bits per heavy atom. The number of hydrogen-bond donors (Lipinski definition) is 0. The fraction of sp³-hybridized carbons (Fsp3) is 0. The molecule has 0 unspecified atom stereocenters. The summed E-state index contributed by atoms with van der Waals surface area (Å²) in [5, 5.41) is 9.99. The van der Waals surface area contributed by atoms with Gasteiger partial charge in [0.1, 0.15) is 5.69 Å². The molecule has 20 heavy (non-hydrogen) atoms. The van der Waals surface area contributed by atoms with E-state index in [9.17, 15) is 0 Å². The van der Waals surface area contributed by atoms with E-state index in [1.807, 2.05) is 48.5 Å². The average Bonchev–Trinajstić information content (AvgIpc) is 2.93. The number of halogens is 1. The van der Waals surface area contributed by atoms with Gasteiger partial charge in [-0.3, -0.25) is 0 Å². The maximum atomic E-state index is 6.18. The average molecular weight is 281 g/mol. The van der Waals surface area contributed by atoms with Crippen LogP contribution in [0.1, 0.15) is 0 Å². The highest BCUT2D eigenvalue weighted by molar-refractivity contribution is 6.35. The van der Waals surface area contributed by atoms with Crippen LogP contribution < -0.4 is 0 Å². The number of benzene rings is 2. The predicted molar refractivity (Wildman–Crippen MR) is 78.7 cm³/mol. The Labute approximate surface area is 119 Å². The highest BCUT2D eigenvalue weighted by Gasteiger charge is 2.12. The second-order valence-electron chi connectivity index (χ2n) is 4.47. The molecule has 2 aromatic carbocycles. The number of nitrogens with zero attached hydrogens (tertiary/aromatic N) is 4. The largest absolute Gasteiger partial charge is 0.234 e. The number of hydrogen-bond acceptors (Lipinski definition) is 3. The molecular formula is C15H9ClN4. The van der Waals surface area contributed by atoms with Crippen LogP contribution in [0, 0.1) is 0 Å². The number of fused-ring (bicyclic) bond motifs is 3. The molecule has 5 heteroatoms. The van der Waals surface area contributed by atoms with Crippen LogP contribution in [0.15, 0.2) is 54.7 Å².